The number of aryl methyl sites for hydroxylation is 2. The Bertz CT molecular complexity index is 317. The number of hydrogen-bond acceptors (Lipinski definition) is 2. The van der Waals surface area contributed by atoms with E-state index in [0.29, 0.717) is 5.92 Å². The predicted molar refractivity (Wildman–Crippen MR) is 68.3 cm³/mol. The van der Waals surface area contributed by atoms with Crippen LogP contribution < -0.4 is 5.73 Å². The van der Waals surface area contributed by atoms with Crippen molar-refractivity contribution in [3.8, 4) is 0 Å². The van der Waals surface area contributed by atoms with E-state index in [2.05, 4.69) is 31.9 Å². The first-order valence-corrected chi connectivity index (χ1v) is 6.35. The molecule has 1 aromatic heterocycles. The summed E-state index contributed by atoms with van der Waals surface area (Å²) in [4.78, 5) is 0. The summed E-state index contributed by atoms with van der Waals surface area (Å²) in [5.41, 5.74) is 8.63. The Balaban J connectivity index is 2.61. The molecular formula is C13H25N3. The fraction of sp³-hybridized carbons (Fsp3) is 0.769. The molecule has 0 radical (unpaired) electrons. The molecule has 1 rings (SSSR count). The summed E-state index contributed by atoms with van der Waals surface area (Å²) in [7, 11) is 2.01. The predicted octanol–water partition coefficient (Wildman–Crippen LogP) is 2.29. The van der Waals surface area contributed by atoms with E-state index in [1.54, 1.807) is 0 Å². The normalized spacial score (nSPS) is 15.1. The van der Waals surface area contributed by atoms with Gasteiger partial charge in [0.05, 0.1) is 5.69 Å². The van der Waals surface area contributed by atoms with Crippen molar-refractivity contribution in [2.24, 2.45) is 18.7 Å². The zero-order chi connectivity index (χ0) is 12.1. The Morgan fingerprint density at radius 2 is 2.12 bits per heavy atom. The van der Waals surface area contributed by atoms with Gasteiger partial charge >= 0.3 is 0 Å². The first-order chi connectivity index (χ1) is 7.58. The molecule has 0 saturated carbocycles. The van der Waals surface area contributed by atoms with Crippen molar-refractivity contribution in [1.82, 2.24) is 9.78 Å². The van der Waals surface area contributed by atoms with E-state index in [0.717, 1.165) is 18.5 Å². The van der Waals surface area contributed by atoms with Crippen LogP contribution in [0.4, 0.5) is 0 Å². The first kappa shape index (κ1) is 13.2. The summed E-state index contributed by atoms with van der Waals surface area (Å²) < 4.78 is 1.97. The first-order valence-electron chi connectivity index (χ1n) is 6.35. The molecule has 0 spiro atoms. The summed E-state index contributed by atoms with van der Waals surface area (Å²) in [5.74, 6) is 0.588. The van der Waals surface area contributed by atoms with Gasteiger partial charge in [-0.05, 0) is 24.8 Å². The van der Waals surface area contributed by atoms with Gasteiger partial charge in [-0.15, -0.1) is 0 Å². The SMILES string of the molecule is CCCC(C)C(N)Cc1cc(CC)nn1C. The van der Waals surface area contributed by atoms with E-state index in [9.17, 15) is 0 Å². The van der Waals surface area contributed by atoms with E-state index < -0.39 is 0 Å². The van der Waals surface area contributed by atoms with E-state index in [1.807, 2.05) is 11.7 Å². The molecule has 3 nitrogen and oxygen atoms in total. The Morgan fingerprint density at radius 3 is 2.62 bits per heavy atom. The molecule has 0 bridgehead atoms. The van der Waals surface area contributed by atoms with Crippen molar-refractivity contribution in [2.75, 3.05) is 0 Å². The van der Waals surface area contributed by atoms with Crippen LogP contribution in [-0.4, -0.2) is 15.8 Å². The lowest BCUT2D eigenvalue weighted by atomic mass is 9.94. The highest BCUT2D eigenvalue weighted by Crippen LogP contribution is 2.14. The van der Waals surface area contributed by atoms with E-state index in [1.165, 1.54) is 18.5 Å². The number of rotatable bonds is 6. The quantitative estimate of drug-likeness (QED) is 0.804. The van der Waals surface area contributed by atoms with Gasteiger partial charge in [-0.1, -0.05) is 27.2 Å². The molecule has 1 aromatic rings. The summed E-state index contributed by atoms with van der Waals surface area (Å²) in [6.07, 6.45) is 4.35. The molecule has 0 aliphatic heterocycles. The third kappa shape index (κ3) is 3.34. The van der Waals surface area contributed by atoms with Crippen molar-refractivity contribution in [3.63, 3.8) is 0 Å². The molecule has 1 heterocycles. The minimum absolute atomic E-state index is 0.250. The van der Waals surface area contributed by atoms with E-state index in [-0.39, 0.29) is 6.04 Å². The molecule has 16 heavy (non-hydrogen) atoms. The molecule has 0 saturated heterocycles. The Hall–Kier alpha value is -0.830. The van der Waals surface area contributed by atoms with Crippen LogP contribution in [0.25, 0.3) is 0 Å². The number of aromatic nitrogens is 2. The van der Waals surface area contributed by atoms with Crippen LogP contribution in [0.3, 0.4) is 0 Å². The summed E-state index contributed by atoms with van der Waals surface area (Å²) in [5, 5.41) is 4.45. The molecule has 2 N–H and O–H groups in total. The maximum atomic E-state index is 6.21. The highest BCUT2D eigenvalue weighted by molar-refractivity contribution is 5.11. The number of nitrogens with zero attached hydrogens (tertiary/aromatic N) is 2. The second-order valence-electron chi connectivity index (χ2n) is 4.74. The second-order valence-corrected chi connectivity index (χ2v) is 4.74. The molecular weight excluding hydrogens is 198 g/mol. The van der Waals surface area contributed by atoms with Crippen LogP contribution in [0.1, 0.15) is 45.0 Å². The maximum absolute atomic E-state index is 6.21. The molecule has 0 amide bonds. The smallest absolute Gasteiger partial charge is 0.0624 e. The highest BCUT2D eigenvalue weighted by atomic mass is 15.3. The Labute approximate surface area is 99.0 Å². The maximum Gasteiger partial charge on any atom is 0.0624 e. The zero-order valence-corrected chi connectivity index (χ0v) is 11.0. The average Bonchev–Trinajstić information content (AvgIpc) is 2.60. The summed E-state index contributed by atoms with van der Waals surface area (Å²) in [6.45, 7) is 6.58. The van der Waals surface area contributed by atoms with E-state index in [4.69, 9.17) is 5.73 Å². The molecule has 3 heteroatoms. The fourth-order valence-corrected chi connectivity index (χ4v) is 2.05. The molecule has 0 aliphatic rings. The fourth-order valence-electron chi connectivity index (χ4n) is 2.05. The van der Waals surface area contributed by atoms with Gasteiger partial charge in [-0.3, -0.25) is 4.68 Å². The van der Waals surface area contributed by atoms with Crippen LogP contribution in [0.5, 0.6) is 0 Å². The van der Waals surface area contributed by atoms with E-state index >= 15 is 0 Å². The van der Waals surface area contributed by atoms with Gasteiger partial charge in [0.25, 0.3) is 0 Å². The lowest BCUT2D eigenvalue weighted by Crippen LogP contribution is -2.31. The average molecular weight is 223 g/mol. The summed E-state index contributed by atoms with van der Waals surface area (Å²) >= 11 is 0. The molecule has 2 unspecified atom stereocenters. The van der Waals surface area contributed by atoms with Crippen LogP contribution in [0.15, 0.2) is 6.07 Å². The van der Waals surface area contributed by atoms with Crippen molar-refractivity contribution in [2.45, 2.75) is 52.5 Å². The van der Waals surface area contributed by atoms with Crippen LogP contribution >= 0.6 is 0 Å². The van der Waals surface area contributed by atoms with Crippen LogP contribution in [0.2, 0.25) is 0 Å². The summed E-state index contributed by atoms with van der Waals surface area (Å²) in [6, 6.07) is 2.43. The molecule has 0 fully saturated rings. The molecule has 0 aliphatic carbocycles. The van der Waals surface area contributed by atoms with Crippen molar-refractivity contribution < 1.29 is 0 Å². The van der Waals surface area contributed by atoms with Gasteiger partial charge in [-0.25, -0.2) is 0 Å². The van der Waals surface area contributed by atoms with Crippen LogP contribution in [0, 0.1) is 5.92 Å². The van der Waals surface area contributed by atoms with Gasteiger partial charge in [0.15, 0.2) is 0 Å². The van der Waals surface area contributed by atoms with Crippen molar-refractivity contribution in [1.29, 1.82) is 0 Å². The lowest BCUT2D eigenvalue weighted by molar-refractivity contribution is 0.413. The van der Waals surface area contributed by atoms with Gasteiger partial charge in [0.1, 0.15) is 0 Å². The zero-order valence-electron chi connectivity index (χ0n) is 11.0. The highest BCUT2D eigenvalue weighted by Gasteiger charge is 2.14. The lowest BCUT2D eigenvalue weighted by Gasteiger charge is -2.19. The van der Waals surface area contributed by atoms with Gasteiger partial charge in [0.2, 0.25) is 0 Å². The van der Waals surface area contributed by atoms with Crippen LogP contribution in [-0.2, 0) is 19.9 Å². The number of nitrogens with two attached hydrogens (primary N) is 1. The molecule has 2 atom stereocenters. The van der Waals surface area contributed by atoms with Crippen molar-refractivity contribution >= 4 is 0 Å². The molecule has 92 valence electrons. The minimum atomic E-state index is 0.250. The van der Waals surface area contributed by atoms with Crippen molar-refractivity contribution in [3.05, 3.63) is 17.5 Å². The second kappa shape index (κ2) is 6.04. The largest absolute Gasteiger partial charge is 0.327 e. The third-order valence-electron chi connectivity index (χ3n) is 3.31. The topological polar surface area (TPSA) is 43.8 Å². The van der Waals surface area contributed by atoms with Gasteiger partial charge < -0.3 is 5.73 Å². The third-order valence-corrected chi connectivity index (χ3v) is 3.31. The Kier molecular flexibility index (Phi) is 5.00. The number of hydrogen-bond donors (Lipinski definition) is 1. The standard InChI is InChI=1S/C13H25N3/c1-5-7-10(3)13(14)9-12-8-11(6-2)15-16(12)4/h8,10,13H,5-7,9,14H2,1-4H3. The molecule has 0 aromatic carbocycles. The minimum Gasteiger partial charge on any atom is -0.327 e. The monoisotopic (exact) mass is 223 g/mol. The van der Waals surface area contributed by atoms with Gasteiger partial charge in [-0.2, -0.15) is 5.10 Å². The van der Waals surface area contributed by atoms with Gasteiger partial charge in [0, 0.05) is 25.2 Å². The Morgan fingerprint density at radius 1 is 1.44 bits per heavy atom.